The molecule has 0 aliphatic heterocycles. The SMILES string of the molecule is COC12CCC(O)C(C#CC(O)C3CCCCC3)C1C(C)C2=CCCC(=O)O. The van der Waals surface area contributed by atoms with Crippen LogP contribution in [-0.4, -0.2) is 46.2 Å². The van der Waals surface area contributed by atoms with E-state index in [-0.39, 0.29) is 30.1 Å². The quantitative estimate of drug-likeness (QED) is 0.496. The van der Waals surface area contributed by atoms with Crippen LogP contribution in [0.25, 0.3) is 0 Å². The maximum absolute atomic E-state index is 10.8. The molecular weight excluding hydrogens is 356 g/mol. The molecule has 3 aliphatic rings. The van der Waals surface area contributed by atoms with E-state index in [0.717, 1.165) is 37.7 Å². The molecule has 0 radical (unpaired) electrons. The molecule has 0 aromatic heterocycles. The van der Waals surface area contributed by atoms with Gasteiger partial charge < -0.3 is 20.1 Å². The van der Waals surface area contributed by atoms with Crippen molar-refractivity contribution in [3.8, 4) is 11.8 Å². The molecule has 3 rings (SSSR count). The van der Waals surface area contributed by atoms with Gasteiger partial charge in [-0.2, -0.15) is 0 Å². The van der Waals surface area contributed by atoms with Gasteiger partial charge in [0.2, 0.25) is 0 Å². The molecule has 3 aliphatic carbocycles. The summed E-state index contributed by atoms with van der Waals surface area (Å²) in [5, 5.41) is 30.1. The number of methoxy groups -OCH3 is 1. The Labute approximate surface area is 168 Å². The maximum Gasteiger partial charge on any atom is 0.303 e. The first-order chi connectivity index (χ1) is 13.4. The first kappa shape index (κ1) is 21.4. The Hall–Kier alpha value is -1.35. The molecule has 5 nitrogen and oxygen atoms in total. The summed E-state index contributed by atoms with van der Waals surface area (Å²) in [5.41, 5.74) is 0.694. The van der Waals surface area contributed by atoms with E-state index in [2.05, 4.69) is 18.8 Å². The second kappa shape index (κ2) is 8.98. The third kappa shape index (κ3) is 4.01. The molecule has 0 aromatic carbocycles. The molecule has 0 amide bonds. The zero-order chi connectivity index (χ0) is 20.3. The lowest BCUT2D eigenvalue weighted by molar-refractivity contribution is -0.162. The fraction of sp³-hybridized carbons (Fsp3) is 0.783. The maximum atomic E-state index is 10.8. The van der Waals surface area contributed by atoms with Crippen LogP contribution in [0.1, 0.15) is 64.7 Å². The molecule has 156 valence electrons. The van der Waals surface area contributed by atoms with Crippen LogP contribution in [0.15, 0.2) is 11.6 Å². The van der Waals surface area contributed by atoms with Crippen LogP contribution < -0.4 is 0 Å². The highest BCUT2D eigenvalue weighted by molar-refractivity contribution is 5.66. The van der Waals surface area contributed by atoms with Crippen molar-refractivity contribution in [2.45, 2.75) is 82.5 Å². The van der Waals surface area contributed by atoms with E-state index < -0.39 is 23.8 Å². The smallest absolute Gasteiger partial charge is 0.303 e. The van der Waals surface area contributed by atoms with E-state index in [9.17, 15) is 15.0 Å². The zero-order valence-electron chi connectivity index (χ0n) is 17.1. The van der Waals surface area contributed by atoms with Crippen LogP contribution in [0.5, 0.6) is 0 Å². The third-order valence-corrected chi connectivity index (χ3v) is 7.25. The zero-order valence-corrected chi connectivity index (χ0v) is 17.1. The van der Waals surface area contributed by atoms with Gasteiger partial charge in [0, 0.05) is 19.4 Å². The largest absolute Gasteiger partial charge is 0.481 e. The summed E-state index contributed by atoms with van der Waals surface area (Å²) in [6.07, 6.45) is 8.43. The Morgan fingerprint density at radius 2 is 2.04 bits per heavy atom. The second-order valence-corrected chi connectivity index (χ2v) is 8.76. The number of hydrogen-bond acceptors (Lipinski definition) is 4. The van der Waals surface area contributed by atoms with Crippen LogP contribution in [0.3, 0.4) is 0 Å². The molecule has 6 unspecified atom stereocenters. The van der Waals surface area contributed by atoms with Crippen molar-refractivity contribution in [1.82, 2.24) is 0 Å². The molecule has 0 bridgehead atoms. The highest BCUT2D eigenvalue weighted by Crippen LogP contribution is 2.60. The Morgan fingerprint density at radius 1 is 1.32 bits per heavy atom. The summed E-state index contributed by atoms with van der Waals surface area (Å²) in [7, 11) is 1.70. The second-order valence-electron chi connectivity index (χ2n) is 8.76. The Bertz CT molecular complexity index is 654. The Balaban J connectivity index is 1.76. The number of hydrogen-bond donors (Lipinski definition) is 3. The monoisotopic (exact) mass is 390 g/mol. The highest BCUT2D eigenvalue weighted by Gasteiger charge is 2.62. The minimum absolute atomic E-state index is 0.0726. The first-order valence-corrected chi connectivity index (χ1v) is 10.8. The van der Waals surface area contributed by atoms with Crippen molar-refractivity contribution in [3.63, 3.8) is 0 Å². The number of fused-ring (bicyclic) bond motifs is 1. The van der Waals surface area contributed by atoms with Crippen molar-refractivity contribution in [3.05, 3.63) is 11.6 Å². The lowest BCUT2D eigenvalue weighted by Gasteiger charge is -2.61. The molecule has 3 saturated carbocycles. The van der Waals surface area contributed by atoms with Gasteiger partial charge in [-0.15, -0.1) is 0 Å². The lowest BCUT2D eigenvalue weighted by Crippen LogP contribution is -2.64. The van der Waals surface area contributed by atoms with Gasteiger partial charge in [-0.3, -0.25) is 4.79 Å². The van der Waals surface area contributed by atoms with E-state index in [1.165, 1.54) is 6.42 Å². The third-order valence-electron chi connectivity index (χ3n) is 7.25. The van der Waals surface area contributed by atoms with Gasteiger partial charge in [-0.1, -0.05) is 44.1 Å². The van der Waals surface area contributed by atoms with Crippen molar-refractivity contribution in [2.75, 3.05) is 7.11 Å². The van der Waals surface area contributed by atoms with Crippen molar-refractivity contribution in [2.24, 2.45) is 23.7 Å². The number of carboxylic acids is 1. The van der Waals surface area contributed by atoms with Gasteiger partial charge in [-0.05, 0) is 49.5 Å². The Kier molecular flexibility index (Phi) is 6.85. The average molecular weight is 391 g/mol. The highest BCUT2D eigenvalue weighted by atomic mass is 16.5. The predicted molar refractivity (Wildman–Crippen MR) is 106 cm³/mol. The summed E-state index contributed by atoms with van der Waals surface area (Å²) in [4.78, 5) is 10.8. The lowest BCUT2D eigenvalue weighted by atomic mass is 9.48. The van der Waals surface area contributed by atoms with E-state index in [4.69, 9.17) is 9.84 Å². The molecule has 0 aromatic rings. The van der Waals surface area contributed by atoms with Gasteiger partial charge in [0.15, 0.2) is 0 Å². The molecule has 0 saturated heterocycles. The molecule has 3 fully saturated rings. The number of carboxylic acid groups (broad SMARTS) is 1. The number of carbonyl (C=O) groups is 1. The van der Waals surface area contributed by atoms with Gasteiger partial charge >= 0.3 is 5.97 Å². The molecular formula is C23H34O5. The molecule has 5 heteroatoms. The number of rotatable bonds is 5. The average Bonchev–Trinajstić information content (AvgIpc) is 2.70. The fourth-order valence-electron chi connectivity index (χ4n) is 5.77. The van der Waals surface area contributed by atoms with Crippen LogP contribution in [-0.2, 0) is 9.53 Å². The first-order valence-electron chi connectivity index (χ1n) is 10.8. The van der Waals surface area contributed by atoms with Crippen LogP contribution in [0.2, 0.25) is 0 Å². The molecule has 3 N–H and O–H groups in total. The number of ether oxygens (including phenoxy) is 1. The summed E-state index contributed by atoms with van der Waals surface area (Å²) >= 11 is 0. The molecule has 0 spiro atoms. The van der Waals surface area contributed by atoms with E-state index in [1.807, 2.05) is 6.08 Å². The number of allylic oxidation sites excluding steroid dienone is 1. The van der Waals surface area contributed by atoms with Crippen molar-refractivity contribution in [1.29, 1.82) is 0 Å². The number of aliphatic carboxylic acids is 1. The topological polar surface area (TPSA) is 87.0 Å². The molecule has 28 heavy (non-hydrogen) atoms. The van der Waals surface area contributed by atoms with Gasteiger partial charge in [0.1, 0.15) is 6.10 Å². The summed E-state index contributed by atoms with van der Waals surface area (Å²) in [6.45, 7) is 2.11. The van der Waals surface area contributed by atoms with Gasteiger partial charge in [0.25, 0.3) is 0 Å². The number of aliphatic hydroxyl groups is 2. The van der Waals surface area contributed by atoms with Crippen LogP contribution >= 0.6 is 0 Å². The molecule has 6 atom stereocenters. The minimum Gasteiger partial charge on any atom is -0.481 e. The fourth-order valence-corrected chi connectivity index (χ4v) is 5.77. The normalized spacial score (nSPS) is 38.1. The predicted octanol–water partition coefficient (Wildman–Crippen LogP) is 3.14. The van der Waals surface area contributed by atoms with E-state index in [1.54, 1.807) is 7.11 Å². The van der Waals surface area contributed by atoms with Gasteiger partial charge in [0.05, 0.1) is 17.6 Å². The summed E-state index contributed by atoms with van der Waals surface area (Å²) in [6, 6.07) is 0. The van der Waals surface area contributed by atoms with Crippen LogP contribution in [0, 0.1) is 35.5 Å². The van der Waals surface area contributed by atoms with E-state index >= 15 is 0 Å². The van der Waals surface area contributed by atoms with Crippen LogP contribution in [0.4, 0.5) is 0 Å². The minimum atomic E-state index is -0.800. The summed E-state index contributed by atoms with van der Waals surface area (Å²) < 4.78 is 5.96. The van der Waals surface area contributed by atoms with Crippen molar-refractivity contribution < 1.29 is 24.9 Å². The summed E-state index contributed by atoms with van der Waals surface area (Å²) in [5.74, 6) is 5.79. The Morgan fingerprint density at radius 3 is 2.68 bits per heavy atom. The van der Waals surface area contributed by atoms with Crippen molar-refractivity contribution >= 4 is 5.97 Å². The van der Waals surface area contributed by atoms with Gasteiger partial charge in [-0.25, -0.2) is 0 Å². The molecule has 0 heterocycles. The van der Waals surface area contributed by atoms with E-state index in [0.29, 0.717) is 12.8 Å². The number of aliphatic hydroxyl groups excluding tert-OH is 2. The standard InChI is InChI=1S/C23H34O5/c1-15-18(9-6-10-21(26)27)23(28-2)14-13-20(25)17(22(15)23)11-12-19(24)16-7-4-3-5-8-16/h9,15-17,19-20,22,24-25H,3-8,10,13-14H2,1-2H3,(H,26,27).